The van der Waals surface area contributed by atoms with Gasteiger partial charge < -0.3 is 9.80 Å². The quantitative estimate of drug-likeness (QED) is 0.143. The number of rotatable bonds is 9. The maximum atomic E-state index is 2.47. The first-order valence-electron chi connectivity index (χ1n) is 24.4. The van der Waals surface area contributed by atoms with Gasteiger partial charge in [0.25, 0.3) is 0 Å². The zero-order valence-electron chi connectivity index (χ0n) is 39.6. The van der Waals surface area contributed by atoms with Crippen LogP contribution in [-0.4, -0.2) is 0 Å². The highest BCUT2D eigenvalue weighted by Gasteiger charge is 2.48. The molecule has 9 aromatic rings. The van der Waals surface area contributed by atoms with Crippen LogP contribution in [0.2, 0.25) is 0 Å². The van der Waals surface area contributed by atoms with Crippen LogP contribution >= 0.6 is 0 Å². The number of fused-ring (bicyclic) bond motifs is 4. The van der Waals surface area contributed by atoms with E-state index in [9.17, 15) is 0 Å². The Morgan fingerprint density at radius 3 is 1.64 bits per heavy atom. The van der Waals surface area contributed by atoms with Gasteiger partial charge in [0, 0.05) is 44.7 Å². The first kappa shape index (κ1) is 42.5. The second-order valence-electron chi connectivity index (χ2n) is 20.5. The molecule has 2 heteroatoms. The van der Waals surface area contributed by atoms with Crippen molar-refractivity contribution in [2.75, 3.05) is 9.80 Å². The molecule has 11 rings (SSSR count). The van der Waals surface area contributed by atoms with Gasteiger partial charge in [0.2, 0.25) is 0 Å². The third-order valence-corrected chi connectivity index (χ3v) is 15.3. The molecule has 330 valence electrons. The van der Waals surface area contributed by atoms with Crippen molar-refractivity contribution in [2.45, 2.75) is 71.1 Å². The second kappa shape index (κ2) is 16.9. The first-order chi connectivity index (χ1) is 32.6. The third-order valence-electron chi connectivity index (χ3n) is 15.3. The molecule has 0 N–H and O–H groups in total. The lowest BCUT2D eigenvalue weighted by Crippen LogP contribution is -2.45. The van der Waals surface area contributed by atoms with Crippen molar-refractivity contribution in [3.63, 3.8) is 0 Å². The molecule has 9 aromatic carbocycles. The molecule has 2 nitrogen and oxygen atoms in total. The average Bonchev–Trinajstić information content (AvgIpc) is 3.60. The van der Waals surface area contributed by atoms with Crippen molar-refractivity contribution in [1.82, 2.24) is 0 Å². The summed E-state index contributed by atoms with van der Waals surface area (Å²) in [5.41, 5.74) is 17.6. The molecule has 2 aliphatic carbocycles. The van der Waals surface area contributed by atoms with Crippen LogP contribution in [0, 0.1) is 11.3 Å². The molecule has 0 radical (unpaired) electrons. The van der Waals surface area contributed by atoms with Gasteiger partial charge in [-0.1, -0.05) is 199 Å². The normalized spacial score (nSPS) is 17.4. The summed E-state index contributed by atoms with van der Waals surface area (Å²) >= 11 is 0. The summed E-state index contributed by atoms with van der Waals surface area (Å²) < 4.78 is 0. The van der Waals surface area contributed by atoms with Crippen molar-refractivity contribution in [1.29, 1.82) is 0 Å². The number of para-hydroxylation sites is 2. The predicted octanol–water partition coefficient (Wildman–Crippen LogP) is 18.3. The summed E-state index contributed by atoms with van der Waals surface area (Å²) in [7, 11) is 0. The van der Waals surface area contributed by atoms with Crippen LogP contribution in [-0.2, 0) is 10.8 Å². The summed E-state index contributed by atoms with van der Waals surface area (Å²) in [6.07, 6.45) is 4.79. The number of hydrogen-bond donors (Lipinski definition) is 0. The van der Waals surface area contributed by atoms with Gasteiger partial charge >= 0.3 is 0 Å². The van der Waals surface area contributed by atoms with Crippen LogP contribution in [0.5, 0.6) is 0 Å². The molecule has 0 aliphatic heterocycles. The topological polar surface area (TPSA) is 6.48 Å². The Kier molecular flexibility index (Phi) is 10.7. The second-order valence-corrected chi connectivity index (χ2v) is 20.5. The largest absolute Gasteiger partial charge is 0.310 e. The fourth-order valence-corrected chi connectivity index (χ4v) is 12.2. The fourth-order valence-electron chi connectivity index (χ4n) is 12.2. The first-order valence-corrected chi connectivity index (χ1v) is 24.4. The van der Waals surface area contributed by atoms with E-state index in [0.717, 1.165) is 29.2 Å². The molecule has 0 bridgehead atoms. The summed E-state index contributed by atoms with van der Waals surface area (Å²) in [5, 5.41) is 2.48. The number of anilines is 6. The Balaban J connectivity index is 1.01. The Hall–Kier alpha value is -7.16. The van der Waals surface area contributed by atoms with Crippen molar-refractivity contribution in [3.8, 4) is 22.3 Å². The van der Waals surface area contributed by atoms with Crippen LogP contribution < -0.4 is 9.80 Å². The summed E-state index contributed by atoms with van der Waals surface area (Å²) in [6, 6.07) is 81.4. The van der Waals surface area contributed by atoms with Crippen LogP contribution in [0.1, 0.15) is 82.6 Å². The average molecular weight is 869 g/mol. The molecule has 0 aromatic heterocycles. The van der Waals surface area contributed by atoms with Gasteiger partial charge in [-0.15, -0.1) is 0 Å². The molecular formula is C65H60N2. The molecule has 0 heterocycles. The van der Waals surface area contributed by atoms with E-state index in [-0.39, 0.29) is 16.2 Å². The van der Waals surface area contributed by atoms with E-state index >= 15 is 0 Å². The number of benzene rings is 9. The molecule has 67 heavy (non-hydrogen) atoms. The van der Waals surface area contributed by atoms with E-state index in [0.29, 0.717) is 5.92 Å². The van der Waals surface area contributed by atoms with Crippen molar-refractivity contribution >= 4 is 44.9 Å². The summed E-state index contributed by atoms with van der Waals surface area (Å²) in [6.45, 7) is 12.2. The Morgan fingerprint density at radius 1 is 0.448 bits per heavy atom. The smallest absolute Gasteiger partial charge is 0.0540 e. The van der Waals surface area contributed by atoms with Crippen LogP contribution in [0.25, 0.3) is 33.0 Å². The van der Waals surface area contributed by atoms with E-state index in [1.54, 1.807) is 0 Å². The highest BCUT2D eigenvalue weighted by molar-refractivity contribution is 5.99. The molecule has 2 atom stereocenters. The van der Waals surface area contributed by atoms with Crippen molar-refractivity contribution in [3.05, 3.63) is 241 Å². The molecule has 0 spiro atoms. The maximum absolute atomic E-state index is 2.47. The lowest BCUT2D eigenvalue weighted by atomic mass is 9.52. The molecule has 1 fully saturated rings. The number of nitrogens with zero attached hydrogens (tertiary/aromatic N) is 2. The Bertz CT molecular complexity index is 3180. The van der Waals surface area contributed by atoms with Crippen molar-refractivity contribution < 1.29 is 0 Å². The van der Waals surface area contributed by atoms with Crippen LogP contribution in [0.4, 0.5) is 34.1 Å². The molecular weight excluding hydrogens is 809 g/mol. The van der Waals surface area contributed by atoms with Gasteiger partial charge in [0.05, 0.1) is 5.69 Å². The van der Waals surface area contributed by atoms with Crippen molar-refractivity contribution in [2.24, 2.45) is 11.3 Å². The fraction of sp³-hybridized carbons (Fsp3) is 0.200. The van der Waals surface area contributed by atoms with E-state index in [1.807, 2.05) is 0 Å². The Morgan fingerprint density at radius 2 is 0.985 bits per heavy atom. The molecule has 2 unspecified atom stereocenters. The van der Waals surface area contributed by atoms with Gasteiger partial charge in [-0.3, -0.25) is 0 Å². The lowest BCUT2D eigenvalue weighted by Gasteiger charge is -2.51. The van der Waals surface area contributed by atoms with Crippen LogP contribution in [0.15, 0.2) is 218 Å². The molecule has 1 saturated carbocycles. The highest BCUT2D eigenvalue weighted by atomic mass is 15.1. The maximum Gasteiger partial charge on any atom is 0.0540 e. The standard InChI is InChI=1S/C65H60N2/c1-63(2,3)61-33-17-18-44-65(61,49-36-40-53(41-37-49)67(51-27-13-8-14-28-51)60-32-19-24-46-23-15-16-29-55(46)60)48-34-38-52(39-35-48)66(50-25-11-7-12-26-50)54-42-43-57-59(45-54)64(4,5)58-31-20-30-56(62(57)58)47-21-9-6-10-22-47/h6-16,19-32,34-43,45,61H,17-18,33,44H2,1-5H3. The van der Waals surface area contributed by atoms with E-state index in [4.69, 9.17) is 0 Å². The zero-order chi connectivity index (χ0) is 45.8. The zero-order valence-corrected chi connectivity index (χ0v) is 39.6. The van der Waals surface area contributed by atoms with Gasteiger partial charge in [-0.2, -0.15) is 0 Å². The van der Waals surface area contributed by atoms with Gasteiger partial charge in [-0.05, 0) is 141 Å². The highest BCUT2D eigenvalue weighted by Crippen LogP contribution is 2.57. The predicted molar refractivity (Wildman–Crippen MR) is 285 cm³/mol. The minimum absolute atomic E-state index is 0.0992. The van der Waals surface area contributed by atoms with Gasteiger partial charge in [0.15, 0.2) is 0 Å². The molecule has 0 amide bonds. The SMILES string of the molecule is CC1(C)c2cc(N(c3ccccc3)c3ccc(C4(c5ccc(N(c6ccccc6)c6cccc7ccccc67)cc5)CCCCC4C(C)(C)C)cc3)ccc2-c2c(-c3ccccc3)cccc21. The van der Waals surface area contributed by atoms with E-state index in [2.05, 4.69) is 263 Å². The Labute approximate surface area is 398 Å². The van der Waals surface area contributed by atoms with Gasteiger partial charge in [0.1, 0.15) is 0 Å². The molecule has 2 aliphatic rings. The van der Waals surface area contributed by atoms with E-state index < -0.39 is 0 Å². The summed E-state index contributed by atoms with van der Waals surface area (Å²) in [4.78, 5) is 4.88. The summed E-state index contributed by atoms with van der Waals surface area (Å²) in [5.74, 6) is 0.459. The van der Waals surface area contributed by atoms with E-state index in [1.165, 1.54) is 85.9 Å². The monoisotopic (exact) mass is 868 g/mol. The minimum Gasteiger partial charge on any atom is -0.310 e. The molecule has 0 saturated heterocycles. The number of hydrogen-bond acceptors (Lipinski definition) is 2. The van der Waals surface area contributed by atoms with Gasteiger partial charge in [-0.25, -0.2) is 0 Å². The lowest BCUT2D eigenvalue weighted by molar-refractivity contribution is 0.100. The third kappa shape index (κ3) is 7.35. The van der Waals surface area contributed by atoms with Crippen LogP contribution in [0.3, 0.4) is 0 Å². The minimum atomic E-state index is -0.157.